The lowest BCUT2D eigenvalue weighted by molar-refractivity contribution is -0.253. The third-order valence-corrected chi connectivity index (χ3v) is 15.9. The van der Waals surface area contributed by atoms with E-state index in [-0.39, 0.29) is 45.1 Å². The molecule has 2 heterocycles. The van der Waals surface area contributed by atoms with E-state index in [0.717, 1.165) is 38.5 Å². The van der Waals surface area contributed by atoms with E-state index in [2.05, 4.69) is 90.9 Å². The summed E-state index contributed by atoms with van der Waals surface area (Å²) in [7, 11) is 1.81. The maximum Gasteiger partial charge on any atom is 0.307 e. The standard InChI is InChI=1S/C38H64N6O4/c1-22(2)24(5)33(6)16-17-35(8)25-12-13-28-34(7)19-47-21-38(28,26(25)14-15-36(35,9)29(33)31(45)46)18-27(44-42-32(40-11)41-43-44)30(34)48-20-37(10,39)23(3)4/h14,22-25,27-30H,12-13,15-21,39H2,1-11H3,(H,40,42)(H,45,46)/t24-,25+,27-,28+,29-,30+,33-,34+,35-,36+,37?,38?/m1/s1. The van der Waals surface area contributed by atoms with Crippen molar-refractivity contribution in [2.45, 2.75) is 125 Å². The Balaban J connectivity index is 1.45. The number of nitrogens with two attached hydrogens (primary N) is 1. The fourth-order valence-corrected chi connectivity index (χ4v) is 12.0. The van der Waals surface area contributed by atoms with Gasteiger partial charge < -0.3 is 25.6 Å². The van der Waals surface area contributed by atoms with Crippen molar-refractivity contribution in [1.82, 2.24) is 20.2 Å². The van der Waals surface area contributed by atoms with Gasteiger partial charge in [-0.05, 0) is 96.5 Å². The second kappa shape index (κ2) is 11.8. The number of fused-ring (bicyclic) bond motifs is 3. The number of ether oxygens (including phenoxy) is 2. The van der Waals surface area contributed by atoms with Gasteiger partial charge in [0.15, 0.2) is 0 Å². The lowest BCUT2D eigenvalue weighted by Gasteiger charge is -2.71. The van der Waals surface area contributed by atoms with Gasteiger partial charge in [-0.3, -0.25) is 4.79 Å². The van der Waals surface area contributed by atoms with Crippen molar-refractivity contribution in [1.29, 1.82) is 0 Å². The van der Waals surface area contributed by atoms with Gasteiger partial charge in [0.1, 0.15) is 6.04 Å². The van der Waals surface area contributed by atoms with Crippen LogP contribution in [-0.4, -0.2) is 69.8 Å². The van der Waals surface area contributed by atoms with Gasteiger partial charge in [-0.2, -0.15) is 4.80 Å². The van der Waals surface area contributed by atoms with Crippen molar-refractivity contribution < 1.29 is 19.4 Å². The number of tetrazole rings is 1. The van der Waals surface area contributed by atoms with Crippen LogP contribution in [0.5, 0.6) is 0 Å². The van der Waals surface area contributed by atoms with Crippen LogP contribution in [0, 0.1) is 62.6 Å². The minimum atomic E-state index is -0.626. The highest BCUT2D eigenvalue weighted by atomic mass is 16.5. The molecule has 10 heteroatoms. The van der Waals surface area contributed by atoms with Gasteiger partial charge in [-0.15, -0.1) is 5.10 Å². The number of aromatic nitrogens is 4. The second-order valence-electron chi connectivity index (χ2n) is 18.7. The lowest BCUT2D eigenvalue weighted by Crippen LogP contribution is -2.69. The van der Waals surface area contributed by atoms with Crippen LogP contribution in [-0.2, 0) is 14.3 Å². The molecule has 1 aromatic rings. The van der Waals surface area contributed by atoms with E-state index in [0.29, 0.717) is 49.4 Å². The summed E-state index contributed by atoms with van der Waals surface area (Å²) in [5.74, 6) is 1.09. The van der Waals surface area contributed by atoms with E-state index < -0.39 is 17.4 Å². The van der Waals surface area contributed by atoms with Crippen LogP contribution in [0.2, 0.25) is 0 Å². The maximum atomic E-state index is 13.4. The van der Waals surface area contributed by atoms with Gasteiger partial charge in [0.25, 0.3) is 5.95 Å². The monoisotopic (exact) mass is 668 g/mol. The molecule has 6 rings (SSSR count). The summed E-state index contributed by atoms with van der Waals surface area (Å²) in [6, 6.07) is -0.151. The minimum absolute atomic E-state index is 0.143. The summed E-state index contributed by atoms with van der Waals surface area (Å²) in [5.41, 5.74) is 6.52. The van der Waals surface area contributed by atoms with Gasteiger partial charge in [-0.1, -0.05) is 79.1 Å². The molecule has 0 aromatic carbocycles. The third kappa shape index (κ3) is 4.88. The molecule has 4 N–H and O–H groups in total. The summed E-state index contributed by atoms with van der Waals surface area (Å²) < 4.78 is 13.7. The molecule has 0 radical (unpaired) electrons. The Morgan fingerprint density at radius 3 is 2.46 bits per heavy atom. The van der Waals surface area contributed by atoms with E-state index in [1.165, 1.54) is 5.57 Å². The Labute approximate surface area is 288 Å². The van der Waals surface area contributed by atoms with Gasteiger partial charge in [-0.25, -0.2) is 0 Å². The molecule has 1 aliphatic heterocycles. The third-order valence-electron chi connectivity index (χ3n) is 15.9. The molecular formula is C38H64N6O4. The van der Waals surface area contributed by atoms with Crippen LogP contribution in [0.15, 0.2) is 11.6 Å². The molecule has 5 aliphatic rings. The molecule has 1 aromatic heterocycles. The fourth-order valence-electron chi connectivity index (χ4n) is 12.0. The molecule has 10 nitrogen and oxygen atoms in total. The summed E-state index contributed by atoms with van der Waals surface area (Å²) in [6.45, 7) is 24.2. The summed E-state index contributed by atoms with van der Waals surface area (Å²) in [5, 5.41) is 27.8. The highest BCUT2D eigenvalue weighted by Gasteiger charge is 2.72. The van der Waals surface area contributed by atoms with Crippen molar-refractivity contribution in [2.24, 2.45) is 68.3 Å². The molecule has 0 amide bonds. The van der Waals surface area contributed by atoms with Crippen LogP contribution >= 0.6 is 0 Å². The number of anilines is 1. The highest BCUT2D eigenvalue weighted by Crippen LogP contribution is 2.75. The van der Waals surface area contributed by atoms with Crippen molar-refractivity contribution in [3.05, 3.63) is 11.6 Å². The second-order valence-corrected chi connectivity index (χ2v) is 18.7. The zero-order valence-electron chi connectivity index (χ0n) is 31.6. The van der Waals surface area contributed by atoms with Crippen molar-refractivity contribution in [3.63, 3.8) is 0 Å². The summed E-state index contributed by atoms with van der Waals surface area (Å²) in [4.78, 5) is 15.2. The molecule has 1 saturated heterocycles. The average Bonchev–Trinajstić information content (AvgIpc) is 3.49. The topological polar surface area (TPSA) is 137 Å². The number of rotatable bonds is 9. The van der Waals surface area contributed by atoms with Crippen LogP contribution < -0.4 is 11.1 Å². The molecule has 2 bridgehead atoms. The van der Waals surface area contributed by atoms with E-state index in [4.69, 9.17) is 20.3 Å². The number of carbonyl (C=O) groups is 1. The first-order valence-electron chi connectivity index (χ1n) is 18.7. The molecule has 0 spiro atoms. The number of carboxylic acid groups (broad SMARTS) is 1. The summed E-state index contributed by atoms with van der Waals surface area (Å²) in [6.07, 6.45) is 7.95. The minimum Gasteiger partial charge on any atom is -0.481 e. The first kappa shape index (κ1) is 35.8. The van der Waals surface area contributed by atoms with Gasteiger partial charge in [0, 0.05) is 23.4 Å². The quantitative estimate of drug-likeness (QED) is 0.249. The Hall–Kier alpha value is -2.04. The zero-order chi connectivity index (χ0) is 35.2. The number of allylic oxidation sites excluding steroid dienone is 1. The van der Waals surface area contributed by atoms with E-state index in [1.54, 1.807) is 4.80 Å². The van der Waals surface area contributed by atoms with Crippen LogP contribution in [0.3, 0.4) is 0 Å². The van der Waals surface area contributed by atoms with Gasteiger partial charge >= 0.3 is 5.97 Å². The molecule has 270 valence electrons. The Morgan fingerprint density at radius 1 is 1.15 bits per heavy atom. The molecule has 4 aliphatic carbocycles. The van der Waals surface area contributed by atoms with Crippen molar-refractivity contribution in [2.75, 3.05) is 32.2 Å². The molecule has 12 atom stereocenters. The number of hydrogen-bond donors (Lipinski definition) is 3. The molecule has 3 saturated carbocycles. The zero-order valence-corrected chi connectivity index (χ0v) is 31.6. The highest BCUT2D eigenvalue weighted by molar-refractivity contribution is 5.73. The largest absolute Gasteiger partial charge is 0.481 e. The van der Waals surface area contributed by atoms with Crippen LogP contribution in [0.25, 0.3) is 0 Å². The first-order chi connectivity index (χ1) is 22.3. The van der Waals surface area contributed by atoms with Crippen LogP contribution in [0.4, 0.5) is 5.95 Å². The Kier molecular flexibility index (Phi) is 8.76. The van der Waals surface area contributed by atoms with E-state index in [1.807, 2.05) is 7.05 Å². The number of hydrogen-bond acceptors (Lipinski definition) is 8. The normalized spacial score (nSPS) is 44.2. The summed E-state index contributed by atoms with van der Waals surface area (Å²) >= 11 is 0. The van der Waals surface area contributed by atoms with Crippen LogP contribution in [0.1, 0.15) is 114 Å². The van der Waals surface area contributed by atoms with E-state index in [9.17, 15) is 9.90 Å². The molecular weight excluding hydrogens is 604 g/mol. The number of nitrogens with one attached hydrogen (secondary N) is 1. The van der Waals surface area contributed by atoms with Crippen molar-refractivity contribution in [3.8, 4) is 0 Å². The lowest BCUT2D eigenvalue weighted by atomic mass is 9.34. The molecule has 2 unspecified atom stereocenters. The predicted molar refractivity (Wildman–Crippen MR) is 187 cm³/mol. The number of aliphatic carboxylic acids is 1. The smallest absolute Gasteiger partial charge is 0.307 e. The average molecular weight is 669 g/mol. The Morgan fingerprint density at radius 2 is 1.85 bits per heavy atom. The number of nitrogens with zero attached hydrogens (tertiary/aromatic N) is 4. The molecule has 48 heavy (non-hydrogen) atoms. The first-order valence-corrected chi connectivity index (χ1v) is 18.7. The number of carboxylic acids is 1. The molecule has 4 fully saturated rings. The van der Waals surface area contributed by atoms with Gasteiger partial charge in [0.2, 0.25) is 0 Å². The van der Waals surface area contributed by atoms with Gasteiger partial charge in [0.05, 0.1) is 31.8 Å². The van der Waals surface area contributed by atoms with E-state index >= 15 is 0 Å². The Bertz CT molecular complexity index is 1430. The fraction of sp³-hybridized carbons (Fsp3) is 0.895. The maximum absolute atomic E-state index is 13.4. The van der Waals surface area contributed by atoms with Crippen molar-refractivity contribution >= 4 is 11.9 Å². The SMILES string of the molecule is CNc1nnn([C@@H]2CC34COC[C@@](C)([C@@H]3CC[C@H]3C4=CC[C@@]4(C)[C@H](C(=O)O)[C@@](C)([C@H](C)C(C)C)CC[C@]34C)[C@H]2OCC(C)(N)C(C)C)n1. The predicted octanol–water partition coefficient (Wildman–Crippen LogP) is 6.60.